The fourth-order valence-corrected chi connectivity index (χ4v) is 7.64. The van der Waals surface area contributed by atoms with Gasteiger partial charge in [-0.2, -0.15) is 0 Å². The lowest BCUT2D eigenvalue weighted by Crippen LogP contribution is -2.30. The lowest BCUT2D eigenvalue weighted by molar-refractivity contribution is -0.167. The first-order chi connectivity index (χ1) is 27.7. The highest BCUT2D eigenvalue weighted by Gasteiger charge is 2.19. The molecule has 0 saturated carbocycles. The zero-order valence-corrected chi connectivity index (χ0v) is 39.0. The van der Waals surface area contributed by atoms with Gasteiger partial charge < -0.3 is 14.2 Å². The van der Waals surface area contributed by atoms with Crippen molar-refractivity contribution in [3.05, 3.63) is 0 Å². The van der Waals surface area contributed by atoms with Crippen LogP contribution >= 0.6 is 0 Å². The maximum Gasteiger partial charge on any atom is 0.306 e. The minimum Gasteiger partial charge on any atom is -0.462 e. The van der Waals surface area contributed by atoms with Gasteiger partial charge in [-0.1, -0.05) is 240 Å². The van der Waals surface area contributed by atoms with Gasteiger partial charge in [0.25, 0.3) is 0 Å². The van der Waals surface area contributed by atoms with Crippen LogP contribution in [0.2, 0.25) is 0 Å². The molecule has 0 rings (SSSR count). The lowest BCUT2D eigenvalue weighted by Gasteiger charge is -2.18. The van der Waals surface area contributed by atoms with E-state index in [4.69, 9.17) is 14.2 Å². The highest BCUT2D eigenvalue weighted by atomic mass is 16.6. The second-order valence-corrected chi connectivity index (χ2v) is 18.4. The number of rotatable bonds is 45. The number of hydrogen-bond acceptors (Lipinski definition) is 6. The van der Waals surface area contributed by atoms with Gasteiger partial charge in [-0.25, -0.2) is 0 Å². The molecule has 6 nitrogen and oxygen atoms in total. The zero-order chi connectivity index (χ0) is 41.9. The molecule has 0 saturated heterocycles. The van der Waals surface area contributed by atoms with Gasteiger partial charge in [-0.15, -0.1) is 0 Å². The summed E-state index contributed by atoms with van der Waals surface area (Å²) in [5.74, 6) is 0.763. The van der Waals surface area contributed by atoms with Crippen LogP contribution in [0.5, 0.6) is 0 Å². The van der Waals surface area contributed by atoms with Crippen molar-refractivity contribution in [3.8, 4) is 0 Å². The van der Waals surface area contributed by atoms with E-state index < -0.39 is 6.10 Å². The maximum absolute atomic E-state index is 12.8. The van der Waals surface area contributed by atoms with Crippen LogP contribution in [0.4, 0.5) is 0 Å². The molecule has 6 heteroatoms. The summed E-state index contributed by atoms with van der Waals surface area (Å²) in [5, 5.41) is 0. The van der Waals surface area contributed by atoms with Crippen LogP contribution in [-0.2, 0) is 28.6 Å². The molecular weight excluding hydrogens is 709 g/mol. The van der Waals surface area contributed by atoms with Gasteiger partial charge in [-0.3, -0.25) is 14.4 Å². The summed E-state index contributed by atoms with van der Waals surface area (Å²) < 4.78 is 16.8. The summed E-state index contributed by atoms with van der Waals surface area (Å²) in [6.07, 6.45) is 43.8. The molecule has 0 heterocycles. The van der Waals surface area contributed by atoms with Crippen molar-refractivity contribution < 1.29 is 28.6 Å². The summed E-state index contributed by atoms with van der Waals surface area (Å²) in [6, 6.07) is 0. The van der Waals surface area contributed by atoms with Crippen molar-refractivity contribution in [2.24, 2.45) is 11.8 Å². The van der Waals surface area contributed by atoms with Gasteiger partial charge in [0.2, 0.25) is 0 Å². The first-order valence-electron chi connectivity index (χ1n) is 25.2. The second-order valence-electron chi connectivity index (χ2n) is 18.4. The van der Waals surface area contributed by atoms with Crippen molar-refractivity contribution in [3.63, 3.8) is 0 Å². The Kier molecular flexibility index (Phi) is 42.7. The average Bonchev–Trinajstić information content (AvgIpc) is 3.18. The summed E-state index contributed by atoms with van der Waals surface area (Å²) in [4.78, 5) is 37.9. The molecule has 0 aromatic carbocycles. The molecule has 0 spiro atoms. The summed E-state index contributed by atoms with van der Waals surface area (Å²) in [5.41, 5.74) is 0. The molecule has 0 N–H and O–H groups in total. The third-order valence-corrected chi connectivity index (χ3v) is 11.5. The van der Waals surface area contributed by atoms with E-state index in [0.717, 1.165) is 69.6 Å². The number of unbranched alkanes of at least 4 members (excludes halogenated alkanes) is 30. The molecule has 0 aliphatic heterocycles. The highest BCUT2D eigenvalue weighted by Crippen LogP contribution is 2.17. The number of carbonyl (C=O) groups is 3. The lowest BCUT2D eigenvalue weighted by atomic mass is 10.0. The largest absolute Gasteiger partial charge is 0.462 e. The first kappa shape index (κ1) is 55.4. The van der Waals surface area contributed by atoms with Crippen molar-refractivity contribution in [2.75, 3.05) is 13.2 Å². The minimum absolute atomic E-state index is 0.0644. The highest BCUT2D eigenvalue weighted by molar-refractivity contribution is 5.71. The topological polar surface area (TPSA) is 78.9 Å². The van der Waals surface area contributed by atoms with Gasteiger partial charge in [0, 0.05) is 19.3 Å². The normalized spacial score (nSPS) is 12.1. The molecule has 338 valence electrons. The van der Waals surface area contributed by atoms with E-state index in [2.05, 4.69) is 34.6 Å². The number of esters is 3. The first-order valence-corrected chi connectivity index (χ1v) is 25.2. The Balaban J connectivity index is 4.30. The van der Waals surface area contributed by atoms with Crippen LogP contribution < -0.4 is 0 Å². The number of ether oxygens (including phenoxy) is 3. The quantitative estimate of drug-likeness (QED) is 0.0346. The van der Waals surface area contributed by atoms with E-state index in [-0.39, 0.29) is 31.1 Å². The number of hydrogen-bond donors (Lipinski definition) is 0. The van der Waals surface area contributed by atoms with E-state index >= 15 is 0 Å². The summed E-state index contributed by atoms with van der Waals surface area (Å²) >= 11 is 0. The van der Waals surface area contributed by atoms with Crippen LogP contribution in [0.3, 0.4) is 0 Å². The second kappa shape index (κ2) is 44.0. The molecule has 0 aromatic rings. The Bertz CT molecular complexity index is 870. The Morgan fingerprint density at radius 3 is 0.860 bits per heavy atom. The molecule has 0 radical (unpaired) electrons. The summed E-state index contributed by atoms with van der Waals surface area (Å²) in [7, 11) is 0. The van der Waals surface area contributed by atoms with Crippen molar-refractivity contribution in [2.45, 2.75) is 285 Å². The Labute approximate surface area is 355 Å². The molecule has 1 atom stereocenters. The van der Waals surface area contributed by atoms with E-state index in [1.54, 1.807) is 0 Å². The van der Waals surface area contributed by atoms with Gasteiger partial charge in [-0.05, 0) is 31.1 Å². The van der Waals surface area contributed by atoms with Gasteiger partial charge >= 0.3 is 17.9 Å². The fraction of sp³-hybridized carbons (Fsp3) is 0.941. The van der Waals surface area contributed by atoms with Crippen molar-refractivity contribution in [1.29, 1.82) is 0 Å². The molecule has 0 aliphatic carbocycles. The van der Waals surface area contributed by atoms with E-state index in [9.17, 15) is 14.4 Å². The number of carbonyl (C=O) groups excluding carboxylic acids is 3. The smallest absolute Gasteiger partial charge is 0.306 e. The Morgan fingerprint density at radius 1 is 0.333 bits per heavy atom. The van der Waals surface area contributed by atoms with Crippen LogP contribution in [-0.4, -0.2) is 37.2 Å². The molecule has 0 bridgehead atoms. The molecule has 0 aromatic heterocycles. The predicted molar refractivity (Wildman–Crippen MR) is 243 cm³/mol. The van der Waals surface area contributed by atoms with Gasteiger partial charge in [0.15, 0.2) is 6.10 Å². The minimum atomic E-state index is -0.761. The maximum atomic E-state index is 12.8. The van der Waals surface area contributed by atoms with Crippen LogP contribution in [0.25, 0.3) is 0 Å². The monoisotopic (exact) mass is 807 g/mol. The molecule has 0 fully saturated rings. The van der Waals surface area contributed by atoms with E-state index in [1.165, 1.54) is 167 Å². The third kappa shape index (κ3) is 45.3. The standard InChI is InChI=1S/C51H98O6/c1-6-7-8-9-10-11-12-13-14-19-22-27-33-38-43-51(54)57-48(45-56-50(53)42-37-32-28-23-25-30-35-40-47(4)5)44-55-49(52)41-36-31-26-21-18-16-15-17-20-24-29-34-39-46(2)3/h46-48H,6-45H2,1-5H3/t48-/m1/s1. The predicted octanol–water partition coefficient (Wildman–Crippen LogP) is 16.1. The van der Waals surface area contributed by atoms with Gasteiger partial charge in [0.1, 0.15) is 13.2 Å². The van der Waals surface area contributed by atoms with Crippen molar-refractivity contribution >= 4 is 17.9 Å². The molecular formula is C51H98O6. The molecule has 57 heavy (non-hydrogen) atoms. The average molecular weight is 807 g/mol. The van der Waals surface area contributed by atoms with Gasteiger partial charge in [0.05, 0.1) is 0 Å². The Morgan fingerprint density at radius 2 is 0.579 bits per heavy atom. The van der Waals surface area contributed by atoms with E-state index in [1.807, 2.05) is 0 Å². The van der Waals surface area contributed by atoms with Crippen LogP contribution in [0, 0.1) is 11.8 Å². The fourth-order valence-electron chi connectivity index (χ4n) is 7.64. The Hall–Kier alpha value is -1.59. The van der Waals surface area contributed by atoms with E-state index in [0.29, 0.717) is 19.3 Å². The zero-order valence-electron chi connectivity index (χ0n) is 39.0. The summed E-state index contributed by atoms with van der Waals surface area (Å²) in [6.45, 7) is 11.3. The molecule has 0 aliphatic rings. The third-order valence-electron chi connectivity index (χ3n) is 11.5. The molecule has 0 amide bonds. The molecule has 0 unspecified atom stereocenters. The van der Waals surface area contributed by atoms with Crippen molar-refractivity contribution in [1.82, 2.24) is 0 Å². The van der Waals surface area contributed by atoms with Crippen LogP contribution in [0.15, 0.2) is 0 Å². The van der Waals surface area contributed by atoms with Crippen LogP contribution in [0.1, 0.15) is 279 Å². The SMILES string of the molecule is CCCCCCCCCCCCCCCCC(=O)O[C@H](COC(=O)CCCCCCCCCCCCCCC(C)C)COC(=O)CCCCCCCCCC(C)C.